The van der Waals surface area contributed by atoms with Gasteiger partial charge in [-0.3, -0.25) is 4.79 Å². The van der Waals surface area contributed by atoms with Crippen molar-refractivity contribution in [1.29, 1.82) is 0 Å². The molecule has 2 heterocycles. The maximum Gasteiger partial charge on any atom is 0.265 e. The number of amides is 1. The number of thiazole rings is 1. The number of aromatic nitrogens is 1. The molecule has 0 spiro atoms. The van der Waals surface area contributed by atoms with Crippen molar-refractivity contribution < 1.29 is 4.79 Å². The molecule has 20 heavy (non-hydrogen) atoms. The average Bonchev–Trinajstić information content (AvgIpc) is 2.80. The number of carbonyl (C=O) groups is 1. The minimum Gasteiger partial charge on any atom is -0.382 e. The van der Waals surface area contributed by atoms with Crippen LogP contribution in [0.25, 0.3) is 0 Å². The number of nitrogens with one attached hydrogen (secondary N) is 2. The Kier molecular flexibility index (Phi) is 3.55. The van der Waals surface area contributed by atoms with Gasteiger partial charge in [0.2, 0.25) is 0 Å². The van der Waals surface area contributed by atoms with Crippen LogP contribution in [0.15, 0.2) is 0 Å². The fraction of sp³-hybridized carbons (Fsp3) is 0.692. The molecule has 0 unspecified atom stereocenters. The monoisotopic (exact) mass is 295 g/mol. The highest BCUT2D eigenvalue weighted by Crippen LogP contribution is 2.33. The Morgan fingerprint density at radius 3 is 2.75 bits per heavy atom. The molecule has 1 aliphatic carbocycles. The second-order valence-corrected chi connectivity index (χ2v) is 6.79. The Morgan fingerprint density at radius 2 is 2.15 bits per heavy atom. The number of anilines is 2. The van der Waals surface area contributed by atoms with Gasteiger partial charge in [-0.25, -0.2) is 4.98 Å². The molecule has 1 aromatic heterocycles. The Bertz CT molecular complexity index is 505. The molecule has 0 aromatic carbocycles. The molecule has 1 amide bonds. The summed E-state index contributed by atoms with van der Waals surface area (Å²) in [7, 11) is 0. The number of nitrogens with zero attached hydrogens (tertiary/aromatic N) is 2. The smallest absolute Gasteiger partial charge is 0.265 e. The van der Waals surface area contributed by atoms with Crippen molar-refractivity contribution in [3.63, 3.8) is 0 Å². The van der Waals surface area contributed by atoms with E-state index in [2.05, 4.69) is 27.4 Å². The number of nitrogens with two attached hydrogens (primary N) is 1. The maximum absolute atomic E-state index is 12.3. The molecule has 3 rings (SSSR count). The van der Waals surface area contributed by atoms with E-state index in [0.29, 0.717) is 10.7 Å². The van der Waals surface area contributed by atoms with Crippen LogP contribution in [0.1, 0.15) is 35.9 Å². The Hall–Kier alpha value is -1.34. The molecule has 110 valence electrons. The summed E-state index contributed by atoms with van der Waals surface area (Å²) >= 11 is 1.40. The second kappa shape index (κ2) is 5.21. The number of hydrogen-bond acceptors (Lipinski definition) is 6. The van der Waals surface area contributed by atoms with E-state index in [9.17, 15) is 4.79 Å². The Morgan fingerprint density at radius 1 is 1.45 bits per heavy atom. The topological polar surface area (TPSA) is 83.3 Å². The van der Waals surface area contributed by atoms with Crippen LogP contribution in [0.5, 0.6) is 0 Å². The van der Waals surface area contributed by atoms with Gasteiger partial charge in [0.05, 0.1) is 0 Å². The molecule has 2 fully saturated rings. The molecule has 7 heteroatoms. The number of piperazine rings is 1. The van der Waals surface area contributed by atoms with Crippen molar-refractivity contribution >= 4 is 28.2 Å². The van der Waals surface area contributed by atoms with E-state index in [1.54, 1.807) is 0 Å². The van der Waals surface area contributed by atoms with Gasteiger partial charge in [0.1, 0.15) is 10.7 Å². The van der Waals surface area contributed by atoms with Gasteiger partial charge < -0.3 is 21.3 Å². The summed E-state index contributed by atoms with van der Waals surface area (Å²) in [5.74, 6) is 0.271. The molecule has 0 radical (unpaired) electrons. The predicted octanol–water partition coefficient (Wildman–Crippen LogP) is 0.807. The van der Waals surface area contributed by atoms with E-state index in [-0.39, 0.29) is 11.4 Å². The third kappa shape index (κ3) is 2.60. The van der Waals surface area contributed by atoms with Crippen LogP contribution in [0.4, 0.5) is 10.9 Å². The van der Waals surface area contributed by atoms with Crippen LogP contribution in [-0.2, 0) is 0 Å². The van der Waals surface area contributed by atoms with Crippen LogP contribution in [-0.4, -0.2) is 42.6 Å². The van der Waals surface area contributed by atoms with Gasteiger partial charge in [-0.2, -0.15) is 0 Å². The first kappa shape index (κ1) is 13.6. The maximum atomic E-state index is 12.3. The zero-order valence-electron chi connectivity index (χ0n) is 11.7. The first-order valence-electron chi connectivity index (χ1n) is 7.12. The largest absolute Gasteiger partial charge is 0.382 e. The van der Waals surface area contributed by atoms with Crippen LogP contribution >= 0.6 is 11.3 Å². The normalized spacial score (nSPS) is 21.4. The standard InChI is InChI=1S/C13H21N5OS/c1-13(3-2-4-13)17-11(19)9-10(14)16-12(20-9)18-7-5-15-6-8-18/h15H,2-8,14H2,1H3,(H,17,19). The highest BCUT2D eigenvalue weighted by Gasteiger charge is 2.34. The number of rotatable bonds is 3. The summed E-state index contributed by atoms with van der Waals surface area (Å²) in [6.45, 7) is 5.79. The summed E-state index contributed by atoms with van der Waals surface area (Å²) in [6.07, 6.45) is 3.27. The zero-order chi connectivity index (χ0) is 14.2. The third-order valence-corrected chi connectivity index (χ3v) is 5.24. The lowest BCUT2D eigenvalue weighted by molar-refractivity contribution is 0.0855. The van der Waals surface area contributed by atoms with Gasteiger partial charge in [0.25, 0.3) is 5.91 Å². The molecule has 2 aliphatic rings. The van der Waals surface area contributed by atoms with Crippen molar-refractivity contribution in [2.75, 3.05) is 36.8 Å². The first-order chi connectivity index (χ1) is 9.57. The summed E-state index contributed by atoms with van der Waals surface area (Å²) < 4.78 is 0. The van der Waals surface area contributed by atoms with Crippen molar-refractivity contribution in [2.24, 2.45) is 0 Å². The lowest BCUT2D eigenvalue weighted by atomic mass is 9.78. The second-order valence-electron chi connectivity index (χ2n) is 5.82. The number of carbonyl (C=O) groups excluding carboxylic acids is 1. The van der Waals surface area contributed by atoms with Gasteiger partial charge in [-0.15, -0.1) is 0 Å². The van der Waals surface area contributed by atoms with Crippen LogP contribution < -0.4 is 21.3 Å². The highest BCUT2D eigenvalue weighted by atomic mass is 32.1. The third-order valence-electron chi connectivity index (χ3n) is 4.11. The minimum atomic E-state index is -0.0800. The van der Waals surface area contributed by atoms with Crippen molar-refractivity contribution in [3.05, 3.63) is 4.88 Å². The lowest BCUT2D eigenvalue weighted by Crippen LogP contribution is -2.50. The van der Waals surface area contributed by atoms with Gasteiger partial charge in [-0.1, -0.05) is 11.3 Å². The minimum absolute atomic E-state index is 0.0529. The molecular formula is C13H21N5OS. The van der Waals surface area contributed by atoms with E-state index in [4.69, 9.17) is 5.73 Å². The van der Waals surface area contributed by atoms with Gasteiger partial charge in [0.15, 0.2) is 5.13 Å². The SMILES string of the molecule is CC1(NC(=O)c2sc(N3CCNCC3)nc2N)CCC1. The average molecular weight is 295 g/mol. The van der Waals surface area contributed by atoms with Crippen molar-refractivity contribution in [1.82, 2.24) is 15.6 Å². The van der Waals surface area contributed by atoms with E-state index in [0.717, 1.165) is 44.2 Å². The lowest BCUT2D eigenvalue weighted by Gasteiger charge is -2.38. The summed E-state index contributed by atoms with van der Waals surface area (Å²) in [5, 5.41) is 7.24. The zero-order valence-corrected chi connectivity index (χ0v) is 12.6. The molecule has 1 aromatic rings. The van der Waals surface area contributed by atoms with Gasteiger partial charge in [0, 0.05) is 31.7 Å². The molecule has 1 saturated heterocycles. The quantitative estimate of drug-likeness (QED) is 0.768. The Balaban J connectivity index is 1.72. The number of nitrogen functional groups attached to an aromatic ring is 1. The molecule has 0 atom stereocenters. The van der Waals surface area contributed by atoms with Crippen LogP contribution in [0, 0.1) is 0 Å². The molecule has 1 aliphatic heterocycles. The van der Waals surface area contributed by atoms with E-state index < -0.39 is 0 Å². The highest BCUT2D eigenvalue weighted by molar-refractivity contribution is 7.18. The van der Waals surface area contributed by atoms with Gasteiger partial charge >= 0.3 is 0 Å². The van der Waals surface area contributed by atoms with E-state index in [1.165, 1.54) is 17.8 Å². The fourth-order valence-electron chi connectivity index (χ4n) is 2.64. The van der Waals surface area contributed by atoms with E-state index >= 15 is 0 Å². The Labute approximate surface area is 122 Å². The molecular weight excluding hydrogens is 274 g/mol. The molecule has 6 nitrogen and oxygen atoms in total. The summed E-state index contributed by atoms with van der Waals surface area (Å²) in [5.41, 5.74) is 5.87. The molecule has 4 N–H and O–H groups in total. The van der Waals surface area contributed by atoms with E-state index in [1.807, 2.05) is 0 Å². The molecule has 1 saturated carbocycles. The van der Waals surface area contributed by atoms with Crippen molar-refractivity contribution in [2.45, 2.75) is 31.7 Å². The van der Waals surface area contributed by atoms with Crippen LogP contribution in [0.2, 0.25) is 0 Å². The summed E-state index contributed by atoms with van der Waals surface area (Å²) in [6, 6.07) is 0. The summed E-state index contributed by atoms with van der Waals surface area (Å²) in [4.78, 5) is 19.4. The molecule has 0 bridgehead atoms. The van der Waals surface area contributed by atoms with Gasteiger partial charge in [-0.05, 0) is 26.2 Å². The van der Waals surface area contributed by atoms with Crippen LogP contribution in [0.3, 0.4) is 0 Å². The first-order valence-corrected chi connectivity index (χ1v) is 7.94. The fourth-order valence-corrected chi connectivity index (χ4v) is 3.57. The predicted molar refractivity (Wildman–Crippen MR) is 81.3 cm³/mol. The van der Waals surface area contributed by atoms with Crippen molar-refractivity contribution in [3.8, 4) is 0 Å². The number of hydrogen-bond donors (Lipinski definition) is 3.